The van der Waals surface area contributed by atoms with Crippen LogP contribution >= 0.6 is 0 Å². The van der Waals surface area contributed by atoms with Crippen LogP contribution < -0.4 is 24.4 Å². The number of hydrogen-bond donors (Lipinski definition) is 1. The van der Waals surface area contributed by atoms with Gasteiger partial charge in [-0.1, -0.05) is 18.2 Å². The van der Waals surface area contributed by atoms with E-state index < -0.39 is 0 Å². The second-order valence-corrected chi connectivity index (χ2v) is 8.39. The first kappa shape index (κ1) is 22.8. The third kappa shape index (κ3) is 4.84. The minimum Gasteiger partial charge on any atom is -0.493 e. The van der Waals surface area contributed by atoms with Crippen molar-refractivity contribution >= 4 is 17.6 Å². The van der Waals surface area contributed by atoms with Crippen molar-refractivity contribution in [2.45, 2.75) is 26.3 Å². The molecular weight excluding hydrogens is 422 g/mol. The SMILES string of the molecule is COc1cccc(CNC(=O)C2CCN(C(=O)N3CCOc4ccc(C)cc43)CC2)c1OC. The first-order chi connectivity index (χ1) is 16.0. The molecule has 0 atom stereocenters. The van der Waals surface area contributed by atoms with Crippen LogP contribution in [-0.2, 0) is 11.3 Å². The number of rotatable bonds is 5. The number of aryl methyl sites for hydroxylation is 1. The Morgan fingerprint density at radius 1 is 1.09 bits per heavy atom. The monoisotopic (exact) mass is 453 g/mol. The maximum atomic E-state index is 13.2. The molecule has 0 spiro atoms. The van der Waals surface area contributed by atoms with Crippen LogP contribution in [0.1, 0.15) is 24.0 Å². The van der Waals surface area contributed by atoms with Crippen molar-refractivity contribution in [1.29, 1.82) is 0 Å². The molecule has 0 saturated carbocycles. The van der Waals surface area contributed by atoms with Crippen LogP contribution in [0.3, 0.4) is 0 Å². The predicted octanol–water partition coefficient (Wildman–Crippen LogP) is 3.36. The zero-order valence-electron chi connectivity index (χ0n) is 19.4. The number of ether oxygens (including phenoxy) is 3. The lowest BCUT2D eigenvalue weighted by molar-refractivity contribution is -0.126. The van der Waals surface area contributed by atoms with E-state index in [0.29, 0.717) is 57.1 Å². The number of carbonyl (C=O) groups excluding carboxylic acids is 2. The van der Waals surface area contributed by atoms with Gasteiger partial charge in [-0.15, -0.1) is 0 Å². The fourth-order valence-electron chi connectivity index (χ4n) is 4.45. The van der Waals surface area contributed by atoms with E-state index in [1.54, 1.807) is 19.1 Å². The first-order valence-corrected chi connectivity index (χ1v) is 11.3. The number of likely N-dealkylation sites (tertiary alicyclic amines) is 1. The summed E-state index contributed by atoms with van der Waals surface area (Å²) in [6.07, 6.45) is 1.27. The minimum atomic E-state index is -0.120. The van der Waals surface area contributed by atoms with Crippen LogP contribution in [-0.4, -0.2) is 57.3 Å². The fourth-order valence-corrected chi connectivity index (χ4v) is 4.45. The van der Waals surface area contributed by atoms with Crippen molar-refractivity contribution in [2.75, 3.05) is 45.4 Å². The van der Waals surface area contributed by atoms with E-state index in [4.69, 9.17) is 14.2 Å². The van der Waals surface area contributed by atoms with E-state index >= 15 is 0 Å². The summed E-state index contributed by atoms with van der Waals surface area (Å²) in [5.41, 5.74) is 2.76. The average molecular weight is 454 g/mol. The van der Waals surface area contributed by atoms with E-state index in [-0.39, 0.29) is 17.9 Å². The number of nitrogens with zero attached hydrogens (tertiary/aromatic N) is 2. The number of methoxy groups -OCH3 is 2. The molecule has 1 saturated heterocycles. The number of anilines is 1. The molecular formula is C25H31N3O5. The van der Waals surface area contributed by atoms with Crippen LogP contribution in [0.5, 0.6) is 17.2 Å². The van der Waals surface area contributed by atoms with Crippen molar-refractivity contribution in [3.63, 3.8) is 0 Å². The van der Waals surface area contributed by atoms with Gasteiger partial charge in [0, 0.05) is 31.1 Å². The van der Waals surface area contributed by atoms with Crippen LogP contribution in [0.4, 0.5) is 10.5 Å². The molecule has 0 aliphatic carbocycles. The van der Waals surface area contributed by atoms with Gasteiger partial charge in [-0.2, -0.15) is 0 Å². The molecule has 0 aromatic heterocycles. The lowest BCUT2D eigenvalue weighted by Crippen LogP contribution is -2.50. The number of hydrogen-bond acceptors (Lipinski definition) is 5. The van der Waals surface area contributed by atoms with Gasteiger partial charge in [0.1, 0.15) is 12.4 Å². The van der Waals surface area contributed by atoms with Gasteiger partial charge in [0.2, 0.25) is 5.91 Å². The topological polar surface area (TPSA) is 80.3 Å². The number of carbonyl (C=O) groups is 2. The summed E-state index contributed by atoms with van der Waals surface area (Å²) in [5, 5.41) is 3.02. The number of fused-ring (bicyclic) bond motifs is 1. The number of nitrogens with one attached hydrogen (secondary N) is 1. The number of benzene rings is 2. The van der Waals surface area contributed by atoms with Gasteiger partial charge in [0.15, 0.2) is 11.5 Å². The van der Waals surface area contributed by atoms with Gasteiger partial charge < -0.3 is 24.4 Å². The maximum absolute atomic E-state index is 13.2. The molecule has 33 heavy (non-hydrogen) atoms. The van der Waals surface area contributed by atoms with Crippen LogP contribution in [0.2, 0.25) is 0 Å². The van der Waals surface area contributed by atoms with E-state index in [1.807, 2.05) is 48.2 Å². The molecule has 0 radical (unpaired) electrons. The summed E-state index contributed by atoms with van der Waals surface area (Å²) >= 11 is 0. The van der Waals surface area contributed by atoms with Gasteiger partial charge in [0.25, 0.3) is 0 Å². The number of amides is 3. The van der Waals surface area contributed by atoms with Crippen LogP contribution in [0.15, 0.2) is 36.4 Å². The van der Waals surface area contributed by atoms with E-state index in [1.165, 1.54) is 0 Å². The third-order valence-corrected chi connectivity index (χ3v) is 6.28. The zero-order chi connectivity index (χ0) is 23.4. The Kier molecular flexibility index (Phi) is 6.91. The molecule has 2 aromatic rings. The highest BCUT2D eigenvalue weighted by Crippen LogP contribution is 2.34. The van der Waals surface area contributed by atoms with Gasteiger partial charge >= 0.3 is 6.03 Å². The average Bonchev–Trinajstić information content (AvgIpc) is 2.86. The largest absolute Gasteiger partial charge is 0.493 e. The van der Waals surface area contributed by atoms with Gasteiger partial charge in [-0.25, -0.2) is 4.79 Å². The minimum absolute atomic E-state index is 0.000634. The molecule has 3 amide bonds. The van der Waals surface area contributed by atoms with Crippen LogP contribution in [0.25, 0.3) is 0 Å². The lowest BCUT2D eigenvalue weighted by Gasteiger charge is -2.37. The Bertz CT molecular complexity index is 1020. The molecule has 0 bridgehead atoms. The molecule has 8 nitrogen and oxygen atoms in total. The first-order valence-electron chi connectivity index (χ1n) is 11.3. The summed E-state index contributed by atoms with van der Waals surface area (Å²) in [6.45, 7) is 4.48. The molecule has 4 rings (SSSR count). The highest BCUT2D eigenvalue weighted by Gasteiger charge is 2.32. The zero-order valence-corrected chi connectivity index (χ0v) is 19.4. The van der Waals surface area contributed by atoms with Gasteiger partial charge in [0.05, 0.1) is 26.5 Å². The smallest absolute Gasteiger partial charge is 0.324 e. The maximum Gasteiger partial charge on any atom is 0.324 e. The van der Waals surface area contributed by atoms with E-state index in [0.717, 1.165) is 22.6 Å². The molecule has 176 valence electrons. The number of piperidine rings is 1. The highest BCUT2D eigenvalue weighted by molar-refractivity contribution is 5.94. The normalized spacial score (nSPS) is 16.0. The Morgan fingerprint density at radius 2 is 1.88 bits per heavy atom. The summed E-state index contributed by atoms with van der Waals surface area (Å²) in [6, 6.07) is 11.5. The molecule has 0 unspecified atom stereocenters. The Morgan fingerprint density at radius 3 is 2.61 bits per heavy atom. The predicted molar refractivity (Wildman–Crippen MR) is 125 cm³/mol. The Balaban J connectivity index is 1.33. The van der Waals surface area contributed by atoms with Gasteiger partial charge in [-0.3, -0.25) is 9.69 Å². The molecule has 2 heterocycles. The van der Waals surface area contributed by atoms with Gasteiger partial charge in [-0.05, 0) is 43.5 Å². The molecule has 2 aliphatic rings. The molecule has 8 heteroatoms. The van der Waals surface area contributed by atoms with Crippen molar-refractivity contribution in [3.05, 3.63) is 47.5 Å². The van der Waals surface area contributed by atoms with Crippen molar-refractivity contribution in [2.24, 2.45) is 5.92 Å². The Hall–Kier alpha value is -3.42. The number of para-hydroxylation sites is 1. The summed E-state index contributed by atoms with van der Waals surface area (Å²) in [7, 11) is 3.18. The Labute approximate surface area is 194 Å². The third-order valence-electron chi connectivity index (χ3n) is 6.28. The van der Waals surface area contributed by atoms with Crippen LogP contribution in [0, 0.1) is 12.8 Å². The van der Waals surface area contributed by atoms with Crippen molar-refractivity contribution < 1.29 is 23.8 Å². The van der Waals surface area contributed by atoms with E-state index in [9.17, 15) is 9.59 Å². The summed E-state index contributed by atoms with van der Waals surface area (Å²) in [5.74, 6) is 1.88. The molecule has 2 aromatic carbocycles. The summed E-state index contributed by atoms with van der Waals surface area (Å²) in [4.78, 5) is 29.6. The summed E-state index contributed by atoms with van der Waals surface area (Å²) < 4.78 is 16.5. The molecule has 1 fully saturated rings. The highest BCUT2D eigenvalue weighted by atomic mass is 16.5. The van der Waals surface area contributed by atoms with Crippen molar-refractivity contribution in [3.8, 4) is 17.2 Å². The molecule has 2 aliphatic heterocycles. The van der Waals surface area contributed by atoms with E-state index in [2.05, 4.69) is 5.32 Å². The number of urea groups is 1. The second-order valence-electron chi connectivity index (χ2n) is 8.39. The fraction of sp³-hybridized carbons (Fsp3) is 0.440. The van der Waals surface area contributed by atoms with Crippen molar-refractivity contribution in [1.82, 2.24) is 10.2 Å². The lowest BCUT2D eigenvalue weighted by atomic mass is 9.96. The standard InChI is InChI=1S/C25H31N3O5/c1-17-7-8-21-20(15-17)28(13-14-33-21)25(30)27-11-9-18(10-12-27)24(29)26-16-19-5-4-6-22(31-2)23(19)32-3/h4-8,15,18H,9-14,16H2,1-3H3,(H,26,29). The quantitative estimate of drug-likeness (QED) is 0.751. The second kappa shape index (κ2) is 10.0. The molecule has 1 N–H and O–H groups in total.